The number of piperidine rings is 1. The number of hydrogen-bond acceptors (Lipinski definition) is 3. The van der Waals surface area contributed by atoms with Gasteiger partial charge in [0.05, 0.1) is 18.4 Å². The van der Waals surface area contributed by atoms with Crippen molar-refractivity contribution in [2.24, 2.45) is 5.92 Å². The van der Waals surface area contributed by atoms with Crippen molar-refractivity contribution in [2.75, 3.05) is 6.54 Å². The second-order valence-electron chi connectivity index (χ2n) is 7.01. The molecule has 0 aliphatic carbocycles. The molecule has 3 atom stereocenters. The molecule has 2 aliphatic rings. The Morgan fingerprint density at radius 3 is 2.65 bits per heavy atom. The predicted octanol–water partition coefficient (Wildman–Crippen LogP) is 2.66. The van der Waals surface area contributed by atoms with Crippen LogP contribution in [0, 0.1) is 5.92 Å². The first-order valence-electron chi connectivity index (χ1n) is 8.98. The molecular formula is C20H24N2O4. The maximum Gasteiger partial charge on any atom is 0.308 e. The third-order valence-electron chi connectivity index (χ3n) is 5.46. The fourth-order valence-electron chi connectivity index (χ4n) is 4.02. The van der Waals surface area contributed by atoms with Crippen molar-refractivity contribution >= 4 is 23.9 Å². The molecule has 1 aromatic carbocycles. The minimum absolute atomic E-state index is 0.107. The van der Waals surface area contributed by atoms with Crippen molar-refractivity contribution in [1.82, 2.24) is 9.80 Å². The highest BCUT2D eigenvalue weighted by molar-refractivity contribution is 5.82. The molecule has 3 rings (SSSR count). The monoisotopic (exact) mass is 356 g/mol. The summed E-state index contributed by atoms with van der Waals surface area (Å²) in [5.41, 5.74) is 1.94. The highest BCUT2D eigenvalue weighted by atomic mass is 16.4. The lowest BCUT2D eigenvalue weighted by Crippen LogP contribution is -2.50. The molecule has 26 heavy (non-hydrogen) atoms. The van der Waals surface area contributed by atoms with Crippen molar-refractivity contribution in [1.29, 1.82) is 0 Å². The van der Waals surface area contributed by atoms with Gasteiger partial charge in [-0.2, -0.15) is 0 Å². The van der Waals surface area contributed by atoms with Crippen LogP contribution >= 0.6 is 0 Å². The number of nitrogens with zero attached hydrogens (tertiary/aromatic N) is 2. The molecule has 0 spiro atoms. The Labute approximate surface area is 153 Å². The lowest BCUT2D eigenvalue weighted by atomic mass is 9.88. The van der Waals surface area contributed by atoms with Crippen LogP contribution in [0.2, 0.25) is 0 Å². The summed E-state index contributed by atoms with van der Waals surface area (Å²) in [5, 5.41) is 9.37. The maximum atomic E-state index is 13.0. The largest absolute Gasteiger partial charge is 0.481 e. The van der Waals surface area contributed by atoms with Gasteiger partial charge in [-0.05, 0) is 37.0 Å². The molecule has 1 N–H and O–H groups in total. The van der Waals surface area contributed by atoms with Gasteiger partial charge < -0.3 is 14.9 Å². The Bertz CT molecular complexity index is 758. The van der Waals surface area contributed by atoms with E-state index in [1.54, 1.807) is 22.9 Å². The van der Waals surface area contributed by atoms with Crippen LogP contribution < -0.4 is 0 Å². The molecule has 1 aromatic rings. The number of carbonyl (C=O) groups is 3. The van der Waals surface area contributed by atoms with E-state index in [0.717, 1.165) is 11.1 Å². The van der Waals surface area contributed by atoms with Gasteiger partial charge in [0.15, 0.2) is 0 Å². The number of likely N-dealkylation sites (tertiary alicyclic amines) is 1. The zero-order valence-electron chi connectivity index (χ0n) is 15.1. The fourth-order valence-corrected chi connectivity index (χ4v) is 4.02. The molecule has 0 radical (unpaired) electrons. The second-order valence-corrected chi connectivity index (χ2v) is 7.01. The van der Waals surface area contributed by atoms with Crippen LogP contribution in [-0.4, -0.2) is 45.3 Å². The lowest BCUT2D eigenvalue weighted by molar-refractivity contribution is -0.149. The van der Waals surface area contributed by atoms with Gasteiger partial charge in [0, 0.05) is 25.7 Å². The first-order chi connectivity index (χ1) is 12.4. The van der Waals surface area contributed by atoms with Gasteiger partial charge in [-0.3, -0.25) is 14.4 Å². The summed E-state index contributed by atoms with van der Waals surface area (Å²) in [6.07, 6.45) is 5.03. The Hall–Kier alpha value is -2.63. The first-order valence-corrected chi connectivity index (χ1v) is 8.98. The summed E-state index contributed by atoms with van der Waals surface area (Å²) in [5.74, 6) is -1.62. The predicted molar refractivity (Wildman–Crippen MR) is 96.9 cm³/mol. The highest BCUT2D eigenvalue weighted by Gasteiger charge is 2.37. The van der Waals surface area contributed by atoms with Crippen LogP contribution in [0.3, 0.4) is 0 Å². The van der Waals surface area contributed by atoms with Crippen LogP contribution in [0.25, 0.3) is 6.08 Å². The Morgan fingerprint density at radius 1 is 1.23 bits per heavy atom. The smallest absolute Gasteiger partial charge is 0.308 e. The average Bonchev–Trinajstić information content (AvgIpc) is 2.61. The third-order valence-corrected chi connectivity index (χ3v) is 5.46. The first kappa shape index (κ1) is 18.2. The van der Waals surface area contributed by atoms with Crippen LogP contribution in [0.4, 0.5) is 0 Å². The number of carbonyl (C=O) groups excluding carboxylic acids is 2. The van der Waals surface area contributed by atoms with Crippen molar-refractivity contribution < 1.29 is 19.5 Å². The molecule has 6 heteroatoms. The van der Waals surface area contributed by atoms with E-state index in [1.165, 1.54) is 6.92 Å². The Morgan fingerprint density at radius 2 is 1.96 bits per heavy atom. The van der Waals surface area contributed by atoms with Gasteiger partial charge in [-0.15, -0.1) is 0 Å². The van der Waals surface area contributed by atoms with Crippen molar-refractivity contribution in [3.8, 4) is 0 Å². The van der Waals surface area contributed by atoms with Gasteiger partial charge >= 0.3 is 5.97 Å². The number of carboxylic acid groups (broad SMARTS) is 1. The summed E-state index contributed by atoms with van der Waals surface area (Å²) in [4.78, 5) is 39.7. The molecule has 1 fully saturated rings. The highest BCUT2D eigenvalue weighted by Crippen LogP contribution is 2.34. The zero-order valence-corrected chi connectivity index (χ0v) is 15.1. The van der Waals surface area contributed by atoms with Crippen LogP contribution in [0.15, 0.2) is 30.5 Å². The summed E-state index contributed by atoms with van der Waals surface area (Å²) in [7, 11) is 0. The molecule has 2 heterocycles. The van der Waals surface area contributed by atoms with Gasteiger partial charge in [-0.1, -0.05) is 24.3 Å². The quantitative estimate of drug-likeness (QED) is 0.903. The van der Waals surface area contributed by atoms with Crippen molar-refractivity contribution in [3.05, 3.63) is 41.6 Å². The molecule has 6 nitrogen and oxygen atoms in total. The standard InChI is InChI=1S/C20H24N2O4/c1-13-16(20(25)26)8-5-10-21(13)19(24)12-18-17-7-4-3-6-15(17)9-11-22(18)14(2)23/h3-4,6-7,9,11,13,16,18H,5,8,10,12H2,1-2H3,(H,25,26)/t13-,16-,18?/m1/s1. The number of aliphatic carboxylic acids is 1. The normalized spacial score (nSPS) is 24.9. The van der Waals surface area contributed by atoms with Crippen molar-refractivity contribution in [3.63, 3.8) is 0 Å². The molecular weight excluding hydrogens is 332 g/mol. The fraction of sp³-hybridized carbons (Fsp3) is 0.450. The van der Waals surface area contributed by atoms with E-state index in [1.807, 2.05) is 30.3 Å². The molecule has 2 aliphatic heterocycles. The number of carboxylic acids is 1. The number of benzene rings is 1. The van der Waals surface area contributed by atoms with Gasteiger partial charge in [0.25, 0.3) is 0 Å². The zero-order chi connectivity index (χ0) is 18.8. The van der Waals surface area contributed by atoms with E-state index in [2.05, 4.69) is 0 Å². The second kappa shape index (κ2) is 7.32. The number of rotatable bonds is 3. The molecule has 138 valence electrons. The SMILES string of the molecule is CC(=O)N1C=Cc2ccccc2C1CC(=O)N1CCC[C@@H](C(=O)O)[C@H]1C. The van der Waals surface area contributed by atoms with Crippen LogP contribution in [0.1, 0.15) is 50.3 Å². The maximum absolute atomic E-state index is 13.0. The van der Waals surface area contributed by atoms with Gasteiger partial charge in [-0.25, -0.2) is 0 Å². The Balaban J connectivity index is 1.83. The van der Waals surface area contributed by atoms with E-state index in [9.17, 15) is 19.5 Å². The third kappa shape index (κ3) is 3.36. The number of hydrogen-bond donors (Lipinski definition) is 1. The Kier molecular flexibility index (Phi) is 5.11. The van der Waals surface area contributed by atoms with Crippen LogP contribution in [-0.2, 0) is 14.4 Å². The van der Waals surface area contributed by atoms with Gasteiger partial charge in [0.1, 0.15) is 0 Å². The molecule has 2 amide bonds. The molecule has 0 bridgehead atoms. The summed E-state index contributed by atoms with van der Waals surface area (Å²) >= 11 is 0. The summed E-state index contributed by atoms with van der Waals surface area (Å²) in [6, 6.07) is 7.03. The van der Waals surface area contributed by atoms with E-state index in [4.69, 9.17) is 0 Å². The number of amides is 2. The number of fused-ring (bicyclic) bond motifs is 1. The van der Waals surface area contributed by atoms with E-state index >= 15 is 0 Å². The van der Waals surface area contributed by atoms with Gasteiger partial charge in [0.2, 0.25) is 11.8 Å². The average molecular weight is 356 g/mol. The van der Waals surface area contributed by atoms with E-state index in [0.29, 0.717) is 19.4 Å². The minimum Gasteiger partial charge on any atom is -0.481 e. The van der Waals surface area contributed by atoms with Crippen molar-refractivity contribution in [2.45, 2.75) is 45.2 Å². The van der Waals surface area contributed by atoms with Crippen LogP contribution in [0.5, 0.6) is 0 Å². The van der Waals surface area contributed by atoms with E-state index in [-0.39, 0.29) is 30.3 Å². The topological polar surface area (TPSA) is 77.9 Å². The molecule has 1 unspecified atom stereocenters. The summed E-state index contributed by atoms with van der Waals surface area (Å²) < 4.78 is 0. The van der Waals surface area contributed by atoms with E-state index < -0.39 is 11.9 Å². The minimum atomic E-state index is -0.855. The molecule has 0 saturated carbocycles. The molecule has 1 saturated heterocycles. The summed E-state index contributed by atoms with van der Waals surface area (Å²) in [6.45, 7) is 3.85. The molecule has 0 aromatic heterocycles. The lowest BCUT2D eigenvalue weighted by Gasteiger charge is -2.39.